The number of anilines is 1. The Morgan fingerprint density at radius 1 is 1.29 bits per heavy atom. The van der Waals surface area contributed by atoms with Crippen LogP contribution in [0.1, 0.15) is 46.6 Å². The van der Waals surface area contributed by atoms with Crippen molar-refractivity contribution in [1.82, 2.24) is 0 Å². The molecule has 3 rings (SSSR count). The number of hydrogen-bond donors (Lipinski definition) is 1. The molecule has 1 fully saturated rings. The van der Waals surface area contributed by atoms with Crippen LogP contribution < -0.4 is 15.5 Å². The second-order valence-corrected chi connectivity index (χ2v) is 7.89. The number of carbonyl (C=O) groups excluding carboxylic acids is 1. The number of hydrogen-bond acceptors (Lipinski definition) is 4. The van der Waals surface area contributed by atoms with E-state index in [0.29, 0.717) is 18.1 Å². The van der Waals surface area contributed by atoms with Crippen LogP contribution in [0.25, 0.3) is 0 Å². The molecule has 1 aromatic carbocycles. The molecule has 0 bridgehead atoms. The van der Waals surface area contributed by atoms with Crippen molar-refractivity contribution in [1.29, 1.82) is 0 Å². The maximum absolute atomic E-state index is 11.7. The summed E-state index contributed by atoms with van der Waals surface area (Å²) in [5, 5.41) is 2.85. The molecule has 2 aliphatic heterocycles. The molecule has 0 saturated carbocycles. The topological polar surface area (TPSA) is 56.8 Å². The molecule has 1 amide bonds. The van der Waals surface area contributed by atoms with E-state index in [1.807, 2.05) is 12.1 Å². The molecule has 130 valence electrons. The van der Waals surface area contributed by atoms with E-state index >= 15 is 0 Å². The standard InChI is InChI=1S/C18H26BNO4/c1-11(2)10-18(5)17(3,4)23-19(24-18)13-7-12-8-15(21)20-16(12)14(9-13)22-6/h7,9,11H,8,10H2,1-6H3,(H,20,21). The zero-order valence-electron chi connectivity index (χ0n) is 15.4. The van der Waals surface area contributed by atoms with Gasteiger partial charge in [0.15, 0.2) is 0 Å². The van der Waals surface area contributed by atoms with Crippen molar-refractivity contribution in [2.24, 2.45) is 5.92 Å². The van der Waals surface area contributed by atoms with Crippen LogP contribution in [-0.2, 0) is 20.5 Å². The van der Waals surface area contributed by atoms with E-state index in [1.165, 1.54) is 0 Å². The van der Waals surface area contributed by atoms with Crippen LogP contribution in [-0.4, -0.2) is 31.3 Å². The molecular weight excluding hydrogens is 305 g/mol. The molecule has 24 heavy (non-hydrogen) atoms. The van der Waals surface area contributed by atoms with Gasteiger partial charge in [-0.3, -0.25) is 4.79 Å². The third-order valence-electron chi connectivity index (χ3n) is 5.15. The number of methoxy groups -OCH3 is 1. The van der Waals surface area contributed by atoms with Crippen LogP contribution in [0, 0.1) is 5.92 Å². The summed E-state index contributed by atoms with van der Waals surface area (Å²) in [7, 11) is 1.14. The zero-order valence-corrected chi connectivity index (χ0v) is 15.4. The van der Waals surface area contributed by atoms with Gasteiger partial charge < -0.3 is 19.4 Å². The van der Waals surface area contributed by atoms with E-state index in [4.69, 9.17) is 14.0 Å². The second kappa shape index (κ2) is 5.78. The molecule has 2 heterocycles. The Bertz CT molecular complexity index is 673. The maximum Gasteiger partial charge on any atom is 0.494 e. The van der Waals surface area contributed by atoms with Crippen molar-refractivity contribution in [2.75, 3.05) is 12.4 Å². The molecule has 5 nitrogen and oxygen atoms in total. The van der Waals surface area contributed by atoms with Gasteiger partial charge in [-0.25, -0.2) is 0 Å². The third-order valence-corrected chi connectivity index (χ3v) is 5.15. The van der Waals surface area contributed by atoms with Crippen molar-refractivity contribution < 1.29 is 18.8 Å². The predicted molar refractivity (Wildman–Crippen MR) is 94.8 cm³/mol. The lowest BCUT2D eigenvalue weighted by molar-refractivity contribution is -0.115. The monoisotopic (exact) mass is 331 g/mol. The molecule has 1 aromatic rings. The lowest BCUT2D eigenvalue weighted by Crippen LogP contribution is -2.45. The zero-order chi connectivity index (χ0) is 17.7. The first-order chi connectivity index (χ1) is 11.1. The highest BCUT2D eigenvalue weighted by molar-refractivity contribution is 6.62. The normalized spacial score (nSPS) is 25.1. The van der Waals surface area contributed by atoms with Crippen LogP contribution in [0.15, 0.2) is 12.1 Å². The van der Waals surface area contributed by atoms with Crippen molar-refractivity contribution in [3.63, 3.8) is 0 Å². The Hall–Kier alpha value is -1.53. The summed E-state index contributed by atoms with van der Waals surface area (Å²) in [4.78, 5) is 11.7. The van der Waals surface area contributed by atoms with Gasteiger partial charge in [0.1, 0.15) is 5.75 Å². The van der Waals surface area contributed by atoms with Crippen molar-refractivity contribution in [3.05, 3.63) is 17.7 Å². The third kappa shape index (κ3) is 2.82. The fourth-order valence-corrected chi connectivity index (χ4v) is 3.64. The Kier molecular flexibility index (Phi) is 4.17. The first-order valence-corrected chi connectivity index (χ1v) is 8.51. The van der Waals surface area contributed by atoms with Crippen LogP contribution in [0.4, 0.5) is 5.69 Å². The minimum absolute atomic E-state index is 0.0151. The molecule has 1 saturated heterocycles. The van der Waals surface area contributed by atoms with Gasteiger partial charge in [-0.1, -0.05) is 19.9 Å². The van der Waals surface area contributed by atoms with E-state index in [9.17, 15) is 4.79 Å². The van der Waals surface area contributed by atoms with E-state index in [-0.39, 0.29) is 11.5 Å². The average molecular weight is 331 g/mol. The van der Waals surface area contributed by atoms with E-state index in [1.54, 1.807) is 7.11 Å². The van der Waals surface area contributed by atoms with Crippen molar-refractivity contribution in [3.8, 4) is 5.75 Å². The van der Waals surface area contributed by atoms with Gasteiger partial charge in [0.05, 0.1) is 30.4 Å². The molecule has 0 spiro atoms. The Morgan fingerprint density at radius 2 is 2.00 bits per heavy atom. The molecule has 2 aliphatic rings. The average Bonchev–Trinajstić information content (AvgIpc) is 2.93. The largest absolute Gasteiger partial charge is 0.495 e. The van der Waals surface area contributed by atoms with Crippen LogP contribution in [0.3, 0.4) is 0 Å². The predicted octanol–water partition coefficient (Wildman–Crippen LogP) is 2.52. The van der Waals surface area contributed by atoms with Gasteiger partial charge in [0.25, 0.3) is 0 Å². The lowest BCUT2D eigenvalue weighted by Gasteiger charge is -2.37. The van der Waals surface area contributed by atoms with Crippen molar-refractivity contribution in [2.45, 2.75) is 58.7 Å². The maximum atomic E-state index is 11.7. The number of rotatable bonds is 4. The summed E-state index contributed by atoms with van der Waals surface area (Å²) in [5.41, 5.74) is 1.81. The SMILES string of the molecule is COc1cc(B2OC(C)(C)C(C)(CC(C)C)O2)cc2c1NC(=O)C2. The lowest BCUT2D eigenvalue weighted by atomic mass is 9.77. The van der Waals surface area contributed by atoms with Gasteiger partial charge in [-0.2, -0.15) is 0 Å². The van der Waals surface area contributed by atoms with Crippen LogP contribution >= 0.6 is 0 Å². The van der Waals surface area contributed by atoms with E-state index in [2.05, 4.69) is 39.9 Å². The first kappa shape index (κ1) is 17.3. The molecular formula is C18H26BNO4. The number of carbonyl (C=O) groups is 1. The fourth-order valence-electron chi connectivity index (χ4n) is 3.64. The highest BCUT2D eigenvalue weighted by Gasteiger charge is 2.54. The van der Waals surface area contributed by atoms with Crippen LogP contribution in [0.5, 0.6) is 5.75 Å². The van der Waals surface area contributed by atoms with Crippen LogP contribution in [0.2, 0.25) is 0 Å². The number of amides is 1. The molecule has 0 radical (unpaired) electrons. The van der Waals surface area contributed by atoms with E-state index in [0.717, 1.165) is 23.1 Å². The summed E-state index contributed by atoms with van der Waals surface area (Å²) in [6.45, 7) is 10.6. The quantitative estimate of drug-likeness (QED) is 0.862. The Labute approximate surface area is 144 Å². The minimum Gasteiger partial charge on any atom is -0.495 e. The number of nitrogens with one attached hydrogen (secondary N) is 1. The summed E-state index contributed by atoms with van der Waals surface area (Å²) in [6.07, 6.45) is 1.28. The fraction of sp³-hybridized carbons (Fsp3) is 0.611. The number of benzene rings is 1. The second-order valence-electron chi connectivity index (χ2n) is 7.89. The van der Waals surface area contributed by atoms with E-state index < -0.39 is 12.7 Å². The van der Waals surface area contributed by atoms with Gasteiger partial charge in [-0.05, 0) is 50.2 Å². The molecule has 1 N–H and O–H groups in total. The summed E-state index contributed by atoms with van der Waals surface area (Å²) in [6, 6.07) is 3.88. The molecule has 1 unspecified atom stereocenters. The van der Waals surface area contributed by atoms with Gasteiger partial charge in [0.2, 0.25) is 5.91 Å². The smallest absolute Gasteiger partial charge is 0.494 e. The minimum atomic E-state index is -0.460. The van der Waals surface area contributed by atoms with Gasteiger partial charge in [0, 0.05) is 0 Å². The molecule has 0 aromatic heterocycles. The van der Waals surface area contributed by atoms with Gasteiger partial charge in [-0.15, -0.1) is 0 Å². The first-order valence-electron chi connectivity index (χ1n) is 8.51. The summed E-state index contributed by atoms with van der Waals surface area (Å²) < 4.78 is 18.1. The summed E-state index contributed by atoms with van der Waals surface area (Å²) in [5.74, 6) is 1.14. The molecule has 0 aliphatic carbocycles. The number of fused-ring (bicyclic) bond motifs is 1. The highest BCUT2D eigenvalue weighted by Crippen LogP contribution is 2.42. The summed E-state index contributed by atoms with van der Waals surface area (Å²) >= 11 is 0. The van der Waals surface area contributed by atoms with Gasteiger partial charge >= 0.3 is 7.12 Å². The highest BCUT2D eigenvalue weighted by atomic mass is 16.7. The molecule has 1 atom stereocenters. The Morgan fingerprint density at radius 3 is 2.62 bits per heavy atom. The van der Waals surface area contributed by atoms with Crippen molar-refractivity contribution >= 4 is 24.2 Å². The molecule has 6 heteroatoms. The Balaban J connectivity index is 1.94. The number of ether oxygens (including phenoxy) is 1.